The van der Waals surface area contributed by atoms with Crippen LogP contribution >= 0.6 is 15.9 Å². The van der Waals surface area contributed by atoms with Crippen molar-refractivity contribution in [3.05, 3.63) is 38.3 Å². The maximum Gasteiger partial charge on any atom is 0.339 e. The van der Waals surface area contributed by atoms with Crippen LogP contribution in [-0.4, -0.2) is 28.9 Å². The second kappa shape index (κ2) is 6.21. The number of nitro groups is 1. The minimum Gasteiger partial charge on any atom is -0.449 e. The maximum absolute atomic E-state index is 11.9. The fourth-order valence-electron chi connectivity index (χ4n) is 1.61. The molecule has 0 radical (unpaired) electrons. The van der Waals surface area contributed by atoms with Gasteiger partial charge >= 0.3 is 5.97 Å². The molecule has 1 amide bonds. The van der Waals surface area contributed by atoms with Gasteiger partial charge in [0.15, 0.2) is 6.10 Å². The normalized spacial score (nSPS) is 15.1. The van der Waals surface area contributed by atoms with Crippen LogP contribution in [-0.2, 0) is 9.53 Å². The fraction of sp³-hybridized carbons (Fsp3) is 0.385. The van der Waals surface area contributed by atoms with Crippen LogP contribution < -0.4 is 5.32 Å². The molecule has 112 valence electrons. The van der Waals surface area contributed by atoms with Crippen LogP contribution in [0.15, 0.2) is 22.7 Å². The van der Waals surface area contributed by atoms with Gasteiger partial charge in [-0.15, -0.1) is 0 Å². The number of esters is 1. The Balaban J connectivity index is 2.03. The molecule has 1 atom stereocenters. The molecule has 8 heteroatoms. The van der Waals surface area contributed by atoms with E-state index in [2.05, 4.69) is 21.2 Å². The minimum absolute atomic E-state index is 0.0240. The van der Waals surface area contributed by atoms with Crippen molar-refractivity contribution in [1.29, 1.82) is 0 Å². The van der Waals surface area contributed by atoms with Gasteiger partial charge < -0.3 is 10.1 Å². The predicted molar refractivity (Wildman–Crippen MR) is 76.8 cm³/mol. The zero-order chi connectivity index (χ0) is 15.6. The summed E-state index contributed by atoms with van der Waals surface area (Å²) in [6.07, 6.45) is 0.928. The average molecular weight is 357 g/mol. The van der Waals surface area contributed by atoms with Crippen LogP contribution in [0.25, 0.3) is 0 Å². The van der Waals surface area contributed by atoms with E-state index in [1.54, 1.807) is 0 Å². The molecule has 0 bridgehead atoms. The van der Waals surface area contributed by atoms with Gasteiger partial charge in [0, 0.05) is 12.1 Å². The molecule has 0 unspecified atom stereocenters. The van der Waals surface area contributed by atoms with Crippen LogP contribution in [0.2, 0.25) is 0 Å². The second-order valence-corrected chi connectivity index (χ2v) is 5.61. The number of halogens is 1. The first-order valence-electron chi connectivity index (χ1n) is 6.34. The van der Waals surface area contributed by atoms with Crippen LogP contribution in [0.5, 0.6) is 0 Å². The Hall–Kier alpha value is -1.96. The second-order valence-electron chi connectivity index (χ2n) is 4.75. The number of benzene rings is 1. The van der Waals surface area contributed by atoms with Gasteiger partial charge in [-0.1, -0.05) is 0 Å². The summed E-state index contributed by atoms with van der Waals surface area (Å²) in [5.74, 6) is -1.14. The Bertz CT molecular complexity index is 600. The van der Waals surface area contributed by atoms with Crippen LogP contribution in [0.1, 0.15) is 30.1 Å². The first-order chi connectivity index (χ1) is 9.88. The van der Waals surface area contributed by atoms with E-state index in [0.29, 0.717) is 0 Å². The van der Waals surface area contributed by atoms with Gasteiger partial charge in [0.1, 0.15) is 0 Å². The van der Waals surface area contributed by atoms with Gasteiger partial charge in [-0.05, 0) is 47.8 Å². The summed E-state index contributed by atoms with van der Waals surface area (Å²) in [5, 5.41) is 13.5. The number of hydrogen-bond acceptors (Lipinski definition) is 5. The average Bonchev–Trinajstić information content (AvgIpc) is 3.22. The summed E-state index contributed by atoms with van der Waals surface area (Å²) < 4.78 is 5.28. The fourth-order valence-corrected chi connectivity index (χ4v) is 2.00. The molecule has 21 heavy (non-hydrogen) atoms. The Labute approximate surface area is 128 Å². The van der Waals surface area contributed by atoms with E-state index in [9.17, 15) is 19.7 Å². The van der Waals surface area contributed by atoms with Gasteiger partial charge in [-0.3, -0.25) is 14.9 Å². The lowest BCUT2D eigenvalue weighted by atomic mass is 10.2. The van der Waals surface area contributed by atoms with E-state index < -0.39 is 17.0 Å². The van der Waals surface area contributed by atoms with Crippen molar-refractivity contribution in [3.8, 4) is 0 Å². The first-order valence-corrected chi connectivity index (χ1v) is 7.13. The van der Waals surface area contributed by atoms with Crippen molar-refractivity contribution in [1.82, 2.24) is 5.32 Å². The number of carbonyl (C=O) groups is 2. The molecule has 0 saturated heterocycles. The lowest BCUT2D eigenvalue weighted by molar-refractivity contribution is -0.385. The summed E-state index contributed by atoms with van der Waals surface area (Å²) >= 11 is 3.03. The molecule has 2 rings (SSSR count). The first kappa shape index (κ1) is 15.4. The third-order valence-electron chi connectivity index (χ3n) is 2.96. The quantitative estimate of drug-likeness (QED) is 0.495. The van der Waals surface area contributed by atoms with E-state index in [1.165, 1.54) is 19.1 Å². The molecule has 1 saturated carbocycles. The van der Waals surface area contributed by atoms with Crippen LogP contribution in [0.4, 0.5) is 5.69 Å². The SMILES string of the molecule is C[C@H](OC(=O)c1ccc(Br)c([N+](=O)[O-])c1)C(=O)NC1CC1. The van der Waals surface area contributed by atoms with E-state index in [0.717, 1.165) is 18.9 Å². The minimum atomic E-state index is -0.944. The largest absolute Gasteiger partial charge is 0.449 e. The Morgan fingerprint density at radius 2 is 2.14 bits per heavy atom. The number of nitrogens with one attached hydrogen (secondary N) is 1. The van der Waals surface area contributed by atoms with Gasteiger partial charge in [-0.2, -0.15) is 0 Å². The highest BCUT2D eigenvalue weighted by molar-refractivity contribution is 9.10. The van der Waals surface area contributed by atoms with E-state index in [1.807, 2.05) is 0 Å². The summed E-state index contributed by atoms with van der Waals surface area (Å²) in [7, 11) is 0. The Morgan fingerprint density at radius 1 is 1.48 bits per heavy atom. The van der Waals surface area contributed by atoms with Crippen LogP contribution in [0, 0.1) is 10.1 Å². The monoisotopic (exact) mass is 356 g/mol. The highest BCUT2D eigenvalue weighted by Gasteiger charge is 2.27. The molecule has 7 nitrogen and oxygen atoms in total. The van der Waals surface area contributed by atoms with E-state index in [-0.39, 0.29) is 27.7 Å². The van der Waals surface area contributed by atoms with Crippen molar-refractivity contribution in [2.75, 3.05) is 0 Å². The molecule has 1 N–H and O–H groups in total. The summed E-state index contributed by atoms with van der Waals surface area (Å²) in [6, 6.07) is 4.07. The standard InChI is InChI=1S/C13H13BrN2O5/c1-7(12(17)15-9-3-4-9)21-13(18)8-2-5-10(14)11(6-8)16(19)20/h2,5-7,9H,3-4H2,1H3,(H,15,17)/t7-/m0/s1. The summed E-state index contributed by atoms with van der Waals surface area (Å²) in [4.78, 5) is 33.8. The molecular weight excluding hydrogens is 344 g/mol. The zero-order valence-electron chi connectivity index (χ0n) is 11.2. The van der Waals surface area contributed by atoms with Crippen molar-refractivity contribution in [3.63, 3.8) is 0 Å². The number of nitro benzene ring substituents is 1. The summed E-state index contributed by atoms with van der Waals surface area (Å²) in [6.45, 7) is 1.46. The number of rotatable bonds is 5. The molecule has 1 aromatic rings. The zero-order valence-corrected chi connectivity index (χ0v) is 12.8. The van der Waals surface area contributed by atoms with Crippen molar-refractivity contribution < 1.29 is 19.2 Å². The molecular formula is C13H13BrN2O5. The van der Waals surface area contributed by atoms with Crippen molar-refractivity contribution in [2.24, 2.45) is 0 Å². The number of amides is 1. The van der Waals surface area contributed by atoms with Crippen LogP contribution in [0.3, 0.4) is 0 Å². The van der Waals surface area contributed by atoms with Crippen molar-refractivity contribution in [2.45, 2.75) is 31.9 Å². The number of carbonyl (C=O) groups excluding carboxylic acids is 2. The molecule has 1 aliphatic carbocycles. The number of ether oxygens (including phenoxy) is 1. The molecule has 1 aromatic carbocycles. The molecule has 0 heterocycles. The molecule has 1 fully saturated rings. The van der Waals surface area contributed by atoms with Gasteiger partial charge in [0.25, 0.3) is 11.6 Å². The van der Waals surface area contributed by atoms with E-state index in [4.69, 9.17) is 4.74 Å². The molecule has 0 aliphatic heterocycles. The lowest BCUT2D eigenvalue weighted by Crippen LogP contribution is -2.37. The highest BCUT2D eigenvalue weighted by atomic mass is 79.9. The van der Waals surface area contributed by atoms with Gasteiger partial charge in [0.05, 0.1) is 15.0 Å². The molecule has 0 spiro atoms. The summed E-state index contributed by atoms with van der Waals surface area (Å²) in [5.41, 5.74) is -0.212. The van der Waals surface area contributed by atoms with Crippen molar-refractivity contribution >= 4 is 33.5 Å². The van der Waals surface area contributed by atoms with Gasteiger partial charge in [0.2, 0.25) is 0 Å². The third-order valence-corrected chi connectivity index (χ3v) is 3.63. The predicted octanol–water partition coefficient (Wildman–Crippen LogP) is 2.18. The van der Waals surface area contributed by atoms with E-state index >= 15 is 0 Å². The Kier molecular flexibility index (Phi) is 4.56. The van der Waals surface area contributed by atoms with Gasteiger partial charge in [-0.25, -0.2) is 4.79 Å². The third kappa shape index (κ3) is 4.01. The smallest absolute Gasteiger partial charge is 0.339 e. The maximum atomic E-state index is 11.9. The molecule has 1 aliphatic rings. The number of hydrogen-bond donors (Lipinski definition) is 1. The number of nitrogens with zero attached hydrogens (tertiary/aromatic N) is 1. The molecule has 0 aromatic heterocycles. The topological polar surface area (TPSA) is 98.5 Å². The Morgan fingerprint density at radius 3 is 2.71 bits per heavy atom. The highest BCUT2D eigenvalue weighted by Crippen LogP contribution is 2.26. The lowest BCUT2D eigenvalue weighted by Gasteiger charge is -2.13.